The Bertz CT molecular complexity index is 436. The van der Waals surface area contributed by atoms with Crippen molar-refractivity contribution in [1.29, 1.82) is 0 Å². The number of halogens is 1. The molecule has 0 fully saturated rings. The minimum Gasteiger partial charge on any atom is -0.468 e. The summed E-state index contributed by atoms with van der Waals surface area (Å²) >= 11 is 3.11. The number of carbonyl (C=O) groups is 1. The first kappa shape index (κ1) is 12.6. The first-order valence-corrected chi connectivity index (χ1v) is 5.04. The van der Waals surface area contributed by atoms with Crippen LogP contribution < -0.4 is 5.73 Å². The Balaban J connectivity index is 3.22. The Morgan fingerprint density at radius 2 is 2.25 bits per heavy atom. The Kier molecular flexibility index (Phi) is 3.97. The van der Waals surface area contributed by atoms with Crippen LogP contribution in [0.1, 0.15) is 11.6 Å². The van der Waals surface area contributed by atoms with Gasteiger partial charge in [-0.15, -0.1) is 0 Å². The fraction of sp³-hybridized carbons (Fsp3) is 0.222. The molecule has 0 bridgehead atoms. The first-order chi connectivity index (χ1) is 7.47. The van der Waals surface area contributed by atoms with Crippen molar-refractivity contribution < 1.29 is 14.5 Å². The van der Waals surface area contributed by atoms with E-state index >= 15 is 0 Å². The molecule has 0 amide bonds. The zero-order valence-electron chi connectivity index (χ0n) is 8.34. The normalized spacial score (nSPS) is 11.9. The molecule has 0 aliphatic carbocycles. The minimum atomic E-state index is -1.15. The van der Waals surface area contributed by atoms with E-state index in [1.807, 2.05) is 0 Å². The molecule has 0 spiro atoms. The maximum absolute atomic E-state index is 11.2. The first-order valence-electron chi connectivity index (χ1n) is 4.24. The van der Waals surface area contributed by atoms with Crippen molar-refractivity contribution in [2.75, 3.05) is 7.11 Å². The third-order valence-electron chi connectivity index (χ3n) is 1.98. The number of nitrogens with two attached hydrogens (primary N) is 1. The van der Waals surface area contributed by atoms with E-state index < -0.39 is 16.9 Å². The van der Waals surface area contributed by atoms with Crippen molar-refractivity contribution in [2.24, 2.45) is 5.73 Å². The summed E-state index contributed by atoms with van der Waals surface area (Å²) in [6.45, 7) is 0. The average Bonchev–Trinajstić information content (AvgIpc) is 2.26. The van der Waals surface area contributed by atoms with Crippen LogP contribution in [0.25, 0.3) is 0 Å². The second-order valence-corrected chi connectivity index (χ2v) is 3.88. The standard InChI is InChI=1S/C9H9BrN2O4/c1-16-9(13)8(11)6-3-2-5(10)4-7(6)12(14)15/h2-4,8H,11H2,1H3. The monoisotopic (exact) mass is 288 g/mol. The molecule has 7 heteroatoms. The molecule has 1 rings (SSSR count). The Morgan fingerprint density at radius 1 is 1.62 bits per heavy atom. The smallest absolute Gasteiger partial charge is 0.327 e. The molecule has 1 unspecified atom stereocenters. The van der Waals surface area contributed by atoms with Crippen LogP contribution in [0.4, 0.5) is 5.69 Å². The molecule has 0 heterocycles. The van der Waals surface area contributed by atoms with Crippen molar-refractivity contribution >= 4 is 27.6 Å². The largest absolute Gasteiger partial charge is 0.468 e. The lowest BCUT2D eigenvalue weighted by Crippen LogP contribution is -2.23. The molecule has 16 heavy (non-hydrogen) atoms. The number of hydrogen-bond acceptors (Lipinski definition) is 5. The molecule has 0 aliphatic heterocycles. The van der Waals surface area contributed by atoms with Crippen LogP contribution >= 0.6 is 15.9 Å². The molecule has 2 N–H and O–H groups in total. The number of hydrogen-bond donors (Lipinski definition) is 1. The van der Waals surface area contributed by atoms with E-state index in [4.69, 9.17) is 5.73 Å². The second kappa shape index (κ2) is 5.04. The Hall–Kier alpha value is -1.47. The van der Waals surface area contributed by atoms with Gasteiger partial charge < -0.3 is 10.5 Å². The third-order valence-corrected chi connectivity index (χ3v) is 2.47. The van der Waals surface area contributed by atoms with Crippen LogP contribution in [0, 0.1) is 10.1 Å². The van der Waals surface area contributed by atoms with Gasteiger partial charge in [-0.3, -0.25) is 10.1 Å². The van der Waals surface area contributed by atoms with E-state index in [-0.39, 0.29) is 11.3 Å². The Labute approximate surface area is 99.7 Å². The van der Waals surface area contributed by atoms with Gasteiger partial charge in [-0.2, -0.15) is 0 Å². The topological polar surface area (TPSA) is 95.5 Å². The fourth-order valence-electron chi connectivity index (χ4n) is 1.19. The SMILES string of the molecule is COC(=O)C(N)c1ccc(Br)cc1[N+](=O)[O-]. The van der Waals surface area contributed by atoms with Crippen molar-refractivity contribution in [3.05, 3.63) is 38.3 Å². The molecule has 0 saturated heterocycles. The van der Waals surface area contributed by atoms with Crippen LogP contribution in [0.5, 0.6) is 0 Å². The van der Waals surface area contributed by atoms with Gasteiger partial charge in [0.05, 0.1) is 17.6 Å². The van der Waals surface area contributed by atoms with Crippen LogP contribution in [-0.4, -0.2) is 18.0 Å². The number of benzene rings is 1. The summed E-state index contributed by atoms with van der Waals surface area (Å²) in [5.41, 5.74) is 5.45. The molecular weight excluding hydrogens is 280 g/mol. The number of methoxy groups -OCH3 is 1. The molecule has 0 saturated carbocycles. The number of rotatable bonds is 3. The van der Waals surface area contributed by atoms with Gasteiger partial charge in [-0.25, -0.2) is 4.79 Å². The van der Waals surface area contributed by atoms with Gasteiger partial charge in [0.15, 0.2) is 0 Å². The Morgan fingerprint density at radius 3 is 2.75 bits per heavy atom. The highest BCUT2D eigenvalue weighted by atomic mass is 79.9. The number of nitro benzene ring substituents is 1. The molecule has 1 aromatic carbocycles. The zero-order valence-corrected chi connectivity index (χ0v) is 9.93. The van der Waals surface area contributed by atoms with E-state index in [0.29, 0.717) is 4.47 Å². The molecule has 0 aromatic heterocycles. The number of carbonyl (C=O) groups excluding carboxylic acids is 1. The lowest BCUT2D eigenvalue weighted by Gasteiger charge is -2.09. The third kappa shape index (κ3) is 2.56. The maximum atomic E-state index is 11.2. The highest BCUT2D eigenvalue weighted by molar-refractivity contribution is 9.10. The van der Waals surface area contributed by atoms with Gasteiger partial charge in [0.1, 0.15) is 6.04 Å². The highest BCUT2D eigenvalue weighted by Gasteiger charge is 2.25. The lowest BCUT2D eigenvalue weighted by molar-refractivity contribution is -0.385. The molecular formula is C9H9BrN2O4. The van der Waals surface area contributed by atoms with E-state index in [9.17, 15) is 14.9 Å². The van der Waals surface area contributed by atoms with Crippen LogP contribution in [0.2, 0.25) is 0 Å². The molecule has 1 aromatic rings. The maximum Gasteiger partial charge on any atom is 0.327 e. The van der Waals surface area contributed by atoms with Crippen LogP contribution in [-0.2, 0) is 9.53 Å². The van der Waals surface area contributed by atoms with Crippen LogP contribution in [0.3, 0.4) is 0 Å². The minimum absolute atomic E-state index is 0.125. The van der Waals surface area contributed by atoms with Crippen molar-refractivity contribution in [1.82, 2.24) is 0 Å². The molecule has 6 nitrogen and oxygen atoms in total. The van der Waals surface area contributed by atoms with E-state index in [1.165, 1.54) is 19.2 Å². The zero-order chi connectivity index (χ0) is 12.3. The van der Waals surface area contributed by atoms with Gasteiger partial charge >= 0.3 is 5.97 Å². The van der Waals surface area contributed by atoms with Gasteiger partial charge in [0, 0.05) is 10.5 Å². The summed E-state index contributed by atoms with van der Waals surface area (Å²) in [5, 5.41) is 10.8. The quantitative estimate of drug-likeness (QED) is 0.517. The molecule has 1 atom stereocenters. The predicted molar refractivity (Wildman–Crippen MR) is 59.7 cm³/mol. The van der Waals surface area contributed by atoms with Gasteiger partial charge in [-0.05, 0) is 12.1 Å². The van der Waals surface area contributed by atoms with E-state index in [1.54, 1.807) is 6.07 Å². The lowest BCUT2D eigenvalue weighted by atomic mass is 10.1. The predicted octanol–water partition coefficient (Wildman–Crippen LogP) is 1.53. The van der Waals surface area contributed by atoms with E-state index in [0.717, 1.165) is 0 Å². The number of esters is 1. The molecule has 0 aliphatic rings. The number of nitrogens with zero attached hydrogens (tertiary/aromatic N) is 1. The summed E-state index contributed by atoms with van der Waals surface area (Å²) in [5.74, 6) is -0.717. The molecule has 0 radical (unpaired) electrons. The van der Waals surface area contributed by atoms with Crippen molar-refractivity contribution in [3.8, 4) is 0 Å². The summed E-state index contributed by atoms with van der Waals surface area (Å²) in [4.78, 5) is 21.4. The number of nitro groups is 1. The summed E-state index contributed by atoms with van der Waals surface area (Å²) in [6, 6.07) is 3.13. The highest BCUT2D eigenvalue weighted by Crippen LogP contribution is 2.27. The average molecular weight is 289 g/mol. The van der Waals surface area contributed by atoms with Gasteiger partial charge in [-0.1, -0.05) is 15.9 Å². The summed E-state index contributed by atoms with van der Waals surface area (Å²) in [7, 11) is 1.17. The van der Waals surface area contributed by atoms with Gasteiger partial charge in [0.2, 0.25) is 0 Å². The second-order valence-electron chi connectivity index (χ2n) is 2.96. The van der Waals surface area contributed by atoms with Crippen molar-refractivity contribution in [2.45, 2.75) is 6.04 Å². The van der Waals surface area contributed by atoms with Crippen LogP contribution in [0.15, 0.2) is 22.7 Å². The van der Waals surface area contributed by atoms with Crippen molar-refractivity contribution in [3.63, 3.8) is 0 Å². The molecule has 86 valence electrons. The number of ether oxygens (including phenoxy) is 1. The summed E-state index contributed by atoms with van der Waals surface area (Å²) in [6.07, 6.45) is 0. The van der Waals surface area contributed by atoms with Gasteiger partial charge in [0.25, 0.3) is 5.69 Å². The van der Waals surface area contributed by atoms with E-state index in [2.05, 4.69) is 20.7 Å². The summed E-state index contributed by atoms with van der Waals surface area (Å²) < 4.78 is 4.97. The fourth-order valence-corrected chi connectivity index (χ4v) is 1.54.